The Morgan fingerprint density at radius 3 is 2.47 bits per heavy atom. The van der Waals surface area contributed by atoms with Crippen molar-refractivity contribution in [2.45, 2.75) is 13.5 Å². The van der Waals surface area contributed by atoms with Gasteiger partial charge < -0.3 is 4.42 Å². The lowest BCUT2D eigenvalue weighted by Gasteiger charge is -2.22. The van der Waals surface area contributed by atoms with Gasteiger partial charge in [-0.3, -0.25) is 14.5 Å². The zero-order chi connectivity index (χ0) is 21.1. The van der Waals surface area contributed by atoms with E-state index in [1.54, 1.807) is 66.4 Å². The fourth-order valence-electron chi connectivity index (χ4n) is 3.11. The molecule has 0 saturated carbocycles. The fraction of sp³-hybridized carbons (Fsp3) is 0.0870. The van der Waals surface area contributed by atoms with Gasteiger partial charge in [0.05, 0.1) is 18.5 Å². The van der Waals surface area contributed by atoms with Crippen molar-refractivity contribution >= 4 is 23.2 Å². The maximum absolute atomic E-state index is 13.4. The minimum Gasteiger partial charge on any atom is -0.467 e. The summed E-state index contributed by atoms with van der Waals surface area (Å²) in [6, 6.07) is 21.0. The van der Waals surface area contributed by atoms with Crippen LogP contribution in [0.1, 0.15) is 21.9 Å². The molecule has 0 radical (unpaired) electrons. The first kappa shape index (κ1) is 19.7. The van der Waals surface area contributed by atoms with Crippen molar-refractivity contribution in [1.29, 1.82) is 0 Å². The van der Waals surface area contributed by atoms with Crippen LogP contribution in [-0.2, 0) is 6.54 Å². The summed E-state index contributed by atoms with van der Waals surface area (Å²) in [5, 5.41) is 4.97. The Morgan fingerprint density at radius 1 is 1.07 bits per heavy atom. The average molecular weight is 420 g/mol. The van der Waals surface area contributed by atoms with E-state index in [-0.39, 0.29) is 12.2 Å². The predicted molar refractivity (Wildman–Crippen MR) is 115 cm³/mol. The summed E-state index contributed by atoms with van der Waals surface area (Å²) in [5.74, 6) is 0.0858. The lowest BCUT2D eigenvalue weighted by molar-refractivity contribution is 0.0975. The molecule has 2 aromatic carbocycles. The van der Waals surface area contributed by atoms with Gasteiger partial charge in [0.1, 0.15) is 5.76 Å². The standard InChI is InChI=1S/C23H18ClN3O3/c1-16-14-21(28)22(25-27(16)19-11-9-17(24)10-12-19)23(29)26(15-20-8-5-13-30-20)18-6-3-2-4-7-18/h2-14H,15H2,1H3. The normalized spacial score (nSPS) is 10.7. The Kier molecular flexibility index (Phi) is 5.50. The van der Waals surface area contributed by atoms with Crippen LogP contribution in [0.15, 0.2) is 88.3 Å². The first-order valence-corrected chi connectivity index (χ1v) is 9.67. The van der Waals surface area contributed by atoms with Crippen LogP contribution in [-0.4, -0.2) is 15.7 Å². The largest absolute Gasteiger partial charge is 0.467 e. The van der Waals surface area contributed by atoms with Gasteiger partial charge in [-0.25, -0.2) is 4.68 Å². The van der Waals surface area contributed by atoms with Crippen molar-refractivity contribution in [2.75, 3.05) is 4.90 Å². The van der Waals surface area contributed by atoms with Crippen molar-refractivity contribution in [3.63, 3.8) is 0 Å². The number of hydrogen-bond acceptors (Lipinski definition) is 4. The first-order chi connectivity index (χ1) is 14.5. The molecule has 6 nitrogen and oxygen atoms in total. The number of amides is 1. The number of anilines is 1. The summed E-state index contributed by atoms with van der Waals surface area (Å²) in [4.78, 5) is 27.6. The van der Waals surface area contributed by atoms with Gasteiger partial charge >= 0.3 is 0 Å². The Bertz CT molecular complexity index is 1220. The van der Waals surface area contributed by atoms with E-state index in [1.807, 2.05) is 18.2 Å². The van der Waals surface area contributed by atoms with Gasteiger partial charge in [-0.15, -0.1) is 0 Å². The number of nitrogens with zero attached hydrogens (tertiary/aromatic N) is 3. The van der Waals surface area contributed by atoms with Gasteiger partial charge in [0, 0.05) is 22.5 Å². The third-order valence-corrected chi connectivity index (χ3v) is 4.84. The first-order valence-electron chi connectivity index (χ1n) is 9.29. The van der Waals surface area contributed by atoms with Crippen molar-refractivity contribution in [2.24, 2.45) is 0 Å². The third-order valence-electron chi connectivity index (χ3n) is 4.59. The van der Waals surface area contributed by atoms with Crippen LogP contribution in [0, 0.1) is 6.92 Å². The van der Waals surface area contributed by atoms with Crippen LogP contribution in [0.4, 0.5) is 5.69 Å². The summed E-state index contributed by atoms with van der Waals surface area (Å²) >= 11 is 5.97. The van der Waals surface area contributed by atoms with E-state index in [0.717, 1.165) is 0 Å². The number of halogens is 1. The Balaban J connectivity index is 1.78. The van der Waals surface area contributed by atoms with Gasteiger partial charge in [-0.05, 0) is 55.5 Å². The molecular formula is C23H18ClN3O3. The molecule has 0 spiro atoms. The van der Waals surface area contributed by atoms with Crippen molar-refractivity contribution in [3.8, 4) is 5.69 Å². The zero-order valence-corrected chi connectivity index (χ0v) is 16.9. The minimum atomic E-state index is -0.509. The van der Waals surface area contributed by atoms with E-state index in [0.29, 0.717) is 27.9 Å². The van der Waals surface area contributed by atoms with Crippen molar-refractivity contribution < 1.29 is 9.21 Å². The molecule has 150 valence electrons. The number of carbonyl (C=O) groups excluding carboxylic acids is 1. The second-order valence-electron chi connectivity index (χ2n) is 6.69. The van der Waals surface area contributed by atoms with Crippen LogP contribution in [0.25, 0.3) is 5.69 Å². The molecule has 0 bridgehead atoms. The molecule has 2 heterocycles. The summed E-state index contributed by atoms with van der Waals surface area (Å²) in [6.45, 7) is 1.93. The molecule has 4 aromatic rings. The Labute approximate surface area is 177 Å². The van der Waals surface area contributed by atoms with E-state index in [9.17, 15) is 9.59 Å². The summed E-state index contributed by atoms with van der Waals surface area (Å²) in [7, 11) is 0. The smallest absolute Gasteiger partial charge is 0.283 e. The predicted octanol–water partition coefficient (Wildman–Crippen LogP) is 4.63. The molecule has 0 N–H and O–H groups in total. The van der Waals surface area contributed by atoms with E-state index >= 15 is 0 Å². The number of para-hydroxylation sites is 1. The van der Waals surface area contributed by atoms with Crippen LogP contribution >= 0.6 is 11.6 Å². The maximum Gasteiger partial charge on any atom is 0.283 e. The van der Waals surface area contributed by atoms with Crippen molar-refractivity contribution in [3.05, 3.63) is 111 Å². The molecule has 2 aromatic heterocycles. The van der Waals surface area contributed by atoms with E-state index in [2.05, 4.69) is 5.10 Å². The van der Waals surface area contributed by atoms with Gasteiger partial charge in [0.2, 0.25) is 5.43 Å². The van der Waals surface area contributed by atoms with Gasteiger partial charge in [-0.2, -0.15) is 5.10 Å². The van der Waals surface area contributed by atoms with Crippen LogP contribution in [0.5, 0.6) is 0 Å². The summed E-state index contributed by atoms with van der Waals surface area (Å²) in [6.07, 6.45) is 1.54. The Hall–Kier alpha value is -3.64. The second kappa shape index (κ2) is 8.39. The summed E-state index contributed by atoms with van der Waals surface area (Å²) < 4.78 is 6.97. The van der Waals surface area contributed by atoms with Crippen molar-refractivity contribution in [1.82, 2.24) is 9.78 Å². The Morgan fingerprint density at radius 2 is 1.80 bits per heavy atom. The highest BCUT2D eigenvalue weighted by molar-refractivity contribution is 6.30. The monoisotopic (exact) mass is 419 g/mol. The quantitative estimate of drug-likeness (QED) is 0.472. The lowest BCUT2D eigenvalue weighted by Crippen LogP contribution is -2.36. The van der Waals surface area contributed by atoms with E-state index in [4.69, 9.17) is 16.0 Å². The molecule has 0 aliphatic heterocycles. The number of benzene rings is 2. The molecule has 0 aliphatic carbocycles. The van der Waals surface area contributed by atoms with E-state index in [1.165, 1.54) is 11.0 Å². The molecule has 30 heavy (non-hydrogen) atoms. The SMILES string of the molecule is Cc1cc(=O)c(C(=O)N(Cc2ccco2)c2ccccc2)nn1-c1ccc(Cl)cc1. The number of aryl methyl sites for hydroxylation is 1. The highest BCUT2D eigenvalue weighted by Gasteiger charge is 2.24. The molecular weight excluding hydrogens is 402 g/mol. The summed E-state index contributed by atoms with van der Waals surface area (Å²) in [5.41, 5.74) is 1.33. The number of furan rings is 1. The molecule has 0 saturated heterocycles. The van der Waals surface area contributed by atoms with Crippen LogP contribution in [0.2, 0.25) is 5.02 Å². The fourth-order valence-corrected chi connectivity index (χ4v) is 3.24. The molecule has 7 heteroatoms. The number of hydrogen-bond donors (Lipinski definition) is 0. The lowest BCUT2D eigenvalue weighted by atomic mass is 10.2. The zero-order valence-electron chi connectivity index (χ0n) is 16.2. The average Bonchev–Trinajstić information content (AvgIpc) is 3.26. The second-order valence-corrected chi connectivity index (χ2v) is 7.13. The molecule has 0 fully saturated rings. The molecule has 0 unspecified atom stereocenters. The highest BCUT2D eigenvalue weighted by atomic mass is 35.5. The number of aromatic nitrogens is 2. The molecule has 0 aliphatic rings. The number of rotatable bonds is 5. The van der Waals surface area contributed by atoms with E-state index < -0.39 is 11.3 Å². The highest BCUT2D eigenvalue weighted by Crippen LogP contribution is 2.20. The number of carbonyl (C=O) groups is 1. The topological polar surface area (TPSA) is 68.3 Å². The molecule has 1 amide bonds. The maximum atomic E-state index is 13.4. The minimum absolute atomic E-state index is 0.172. The third kappa shape index (κ3) is 4.04. The van der Waals surface area contributed by atoms with Gasteiger partial charge in [-0.1, -0.05) is 29.8 Å². The van der Waals surface area contributed by atoms with Gasteiger partial charge in [0.15, 0.2) is 5.69 Å². The van der Waals surface area contributed by atoms with Crippen LogP contribution < -0.4 is 10.3 Å². The van der Waals surface area contributed by atoms with Crippen LogP contribution in [0.3, 0.4) is 0 Å². The molecule has 4 rings (SSSR count). The van der Waals surface area contributed by atoms with Gasteiger partial charge in [0.25, 0.3) is 5.91 Å². The molecule has 0 atom stereocenters.